The number of ether oxygens (including phenoxy) is 1. The molecule has 4 rings (SSSR count). The third-order valence-electron chi connectivity index (χ3n) is 5.24. The van der Waals surface area contributed by atoms with Gasteiger partial charge in [-0.05, 0) is 31.5 Å². The second kappa shape index (κ2) is 6.25. The number of hydrogen-bond donors (Lipinski definition) is 0. The lowest BCUT2D eigenvalue weighted by Gasteiger charge is -2.52. The van der Waals surface area contributed by atoms with Gasteiger partial charge in [-0.25, -0.2) is 0 Å². The molecule has 0 radical (unpaired) electrons. The van der Waals surface area contributed by atoms with Gasteiger partial charge in [-0.15, -0.1) is 0 Å². The van der Waals surface area contributed by atoms with Crippen LogP contribution in [-0.4, -0.2) is 57.8 Å². The van der Waals surface area contributed by atoms with E-state index in [1.165, 1.54) is 0 Å². The number of anilines is 1. The molecular weight excluding hydrogens is 332 g/mol. The van der Waals surface area contributed by atoms with Crippen LogP contribution in [0.2, 0.25) is 0 Å². The van der Waals surface area contributed by atoms with E-state index in [1.807, 2.05) is 42.2 Å². The van der Waals surface area contributed by atoms with Gasteiger partial charge in [-0.1, -0.05) is 18.2 Å². The van der Waals surface area contributed by atoms with Crippen molar-refractivity contribution in [3.63, 3.8) is 0 Å². The van der Waals surface area contributed by atoms with Crippen LogP contribution in [0.15, 0.2) is 42.6 Å². The van der Waals surface area contributed by atoms with E-state index in [4.69, 9.17) is 4.74 Å². The van der Waals surface area contributed by atoms with Gasteiger partial charge in [0, 0.05) is 25.5 Å². The summed E-state index contributed by atoms with van der Waals surface area (Å²) in [6.45, 7) is 3.00. The Kier molecular flexibility index (Phi) is 4.03. The summed E-state index contributed by atoms with van der Waals surface area (Å²) >= 11 is 0. The van der Waals surface area contributed by atoms with E-state index >= 15 is 0 Å². The van der Waals surface area contributed by atoms with E-state index in [0.717, 1.165) is 5.69 Å². The van der Waals surface area contributed by atoms with Crippen LogP contribution in [0.4, 0.5) is 5.69 Å². The van der Waals surface area contributed by atoms with Crippen molar-refractivity contribution in [1.29, 1.82) is 0 Å². The molecule has 1 aromatic heterocycles. The van der Waals surface area contributed by atoms with Crippen molar-refractivity contribution < 1.29 is 14.3 Å². The second-order valence-corrected chi connectivity index (χ2v) is 7.11. The molecule has 136 valence electrons. The fourth-order valence-electron chi connectivity index (χ4n) is 3.94. The van der Waals surface area contributed by atoms with Crippen LogP contribution in [0.1, 0.15) is 23.8 Å². The molecule has 0 bridgehead atoms. The molecule has 0 aliphatic carbocycles. The average Bonchev–Trinajstić information content (AvgIpc) is 3.08. The number of nitrogens with zero attached hydrogens (tertiary/aromatic N) is 4. The van der Waals surface area contributed by atoms with Crippen LogP contribution in [0.25, 0.3) is 0 Å². The van der Waals surface area contributed by atoms with Crippen LogP contribution in [0.3, 0.4) is 0 Å². The molecule has 7 heteroatoms. The van der Waals surface area contributed by atoms with Gasteiger partial charge >= 0.3 is 0 Å². The zero-order chi connectivity index (χ0) is 18.3. The number of aryl methyl sites for hydroxylation is 1. The molecule has 2 aromatic rings. The lowest BCUT2D eigenvalue weighted by molar-refractivity contribution is -0.149. The number of rotatable bonds is 2. The van der Waals surface area contributed by atoms with Gasteiger partial charge in [0.2, 0.25) is 0 Å². The van der Waals surface area contributed by atoms with Crippen molar-refractivity contribution in [3.8, 4) is 0 Å². The van der Waals surface area contributed by atoms with Gasteiger partial charge in [-0.2, -0.15) is 5.10 Å². The zero-order valence-electron chi connectivity index (χ0n) is 15.0. The monoisotopic (exact) mass is 354 g/mol. The molecule has 7 nitrogen and oxygen atoms in total. The standard InChI is InChI=1S/C19H22N4O3/c1-19-13-22(18(25)15-8-10-21(2)20-15)11-9-16(19)23(17(24)12-26-19)14-6-4-3-5-7-14/h3-8,10,16H,9,11-13H2,1-2H3/t16-,19-/m1/s1. The predicted octanol–water partition coefficient (Wildman–Crippen LogP) is 1.46. The summed E-state index contributed by atoms with van der Waals surface area (Å²) in [4.78, 5) is 28.9. The Bertz CT molecular complexity index is 834. The van der Waals surface area contributed by atoms with Crippen molar-refractivity contribution in [2.75, 3.05) is 24.6 Å². The summed E-state index contributed by atoms with van der Waals surface area (Å²) in [5.74, 6) is -0.139. The number of aromatic nitrogens is 2. The van der Waals surface area contributed by atoms with Crippen LogP contribution < -0.4 is 4.90 Å². The van der Waals surface area contributed by atoms with Gasteiger partial charge in [0.25, 0.3) is 11.8 Å². The summed E-state index contributed by atoms with van der Waals surface area (Å²) in [5.41, 5.74) is 0.704. The number of para-hydroxylation sites is 1. The lowest BCUT2D eigenvalue weighted by Crippen LogP contribution is -2.68. The first-order chi connectivity index (χ1) is 12.5. The molecule has 2 atom stereocenters. The van der Waals surface area contributed by atoms with Crippen molar-refractivity contribution in [3.05, 3.63) is 48.3 Å². The Morgan fingerprint density at radius 3 is 2.73 bits per heavy atom. The predicted molar refractivity (Wildman–Crippen MR) is 95.8 cm³/mol. The first-order valence-electron chi connectivity index (χ1n) is 8.78. The van der Waals surface area contributed by atoms with Crippen molar-refractivity contribution >= 4 is 17.5 Å². The van der Waals surface area contributed by atoms with E-state index in [0.29, 0.717) is 25.2 Å². The smallest absolute Gasteiger partial charge is 0.274 e. The number of hydrogen-bond acceptors (Lipinski definition) is 4. The van der Waals surface area contributed by atoms with Crippen molar-refractivity contribution in [1.82, 2.24) is 14.7 Å². The van der Waals surface area contributed by atoms with Gasteiger partial charge in [0.05, 0.1) is 12.6 Å². The SMILES string of the molecule is Cn1ccc(C(=O)N2CC[C@H]3N(c4ccccc4)C(=O)CO[C@]3(C)C2)n1. The third kappa shape index (κ3) is 2.78. The first kappa shape index (κ1) is 16.8. The van der Waals surface area contributed by atoms with E-state index in [-0.39, 0.29) is 24.5 Å². The normalized spacial score (nSPS) is 25.9. The molecular formula is C19H22N4O3. The maximum absolute atomic E-state index is 12.8. The number of benzene rings is 1. The Labute approximate surface area is 152 Å². The van der Waals surface area contributed by atoms with Crippen LogP contribution >= 0.6 is 0 Å². The Hall–Kier alpha value is -2.67. The number of likely N-dealkylation sites (tertiary alicyclic amines) is 1. The maximum Gasteiger partial charge on any atom is 0.274 e. The minimum absolute atomic E-state index is 0.0213. The molecule has 0 spiro atoms. The van der Waals surface area contributed by atoms with Gasteiger partial charge < -0.3 is 14.5 Å². The Morgan fingerprint density at radius 2 is 2.04 bits per heavy atom. The first-order valence-corrected chi connectivity index (χ1v) is 8.78. The van der Waals surface area contributed by atoms with E-state index in [9.17, 15) is 9.59 Å². The molecule has 2 saturated heterocycles. The summed E-state index contributed by atoms with van der Waals surface area (Å²) in [7, 11) is 1.79. The zero-order valence-corrected chi connectivity index (χ0v) is 15.0. The molecule has 2 amide bonds. The summed E-state index contributed by atoms with van der Waals surface area (Å²) in [6.07, 6.45) is 2.42. The van der Waals surface area contributed by atoms with Gasteiger partial charge in [0.1, 0.15) is 17.9 Å². The highest BCUT2D eigenvalue weighted by Crippen LogP contribution is 2.36. The maximum atomic E-state index is 12.8. The van der Waals surface area contributed by atoms with Gasteiger partial charge in [-0.3, -0.25) is 14.3 Å². The second-order valence-electron chi connectivity index (χ2n) is 7.11. The highest BCUT2D eigenvalue weighted by molar-refractivity contribution is 5.96. The van der Waals surface area contributed by atoms with Crippen molar-refractivity contribution in [2.24, 2.45) is 7.05 Å². The number of carbonyl (C=O) groups is 2. The highest BCUT2D eigenvalue weighted by Gasteiger charge is 2.50. The average molecular weight is 354 g/mol. The number of piperidine rings is 1. The van der Waals surface area contributed by atoms with Gasteiger partial charge in [0.15, 0.2) is 0 Å². The summed E-state index contributed by atoms with van der Waals surface area (Å²) in [5, 5.41) is 4.21. The molecule has 2 aliphatic heterocycles. The summed E-state index contributed by atoms with van der Waals surface area (Å²) < 4.78 is 7.56. The largest absolute Gasteiger partial charge is 0.361 e. The molecule has 2 aliphatic rings. The number of fused-ring (bicyclic) bond motifs is 1. The number of carbonyl (C=O) groups excluding carboxylic acids is 2. The lowest BCUT2D eigenvalue weighted by atomic mass is 9.85. The molecule has 0 saturated carbocycles. The minimum Gasteiger partial charge on any atom is -0.361 e. The van der Waals surface area contributed by atoms with Crippen LogP contribution in [0.5, 0.6) is 0 Å². The molecule has 0 unspecified atom stereocenters. The molecule has 3 heterocycles. The molecule has 1 aromatic carbocycles. The third-order valence-corrected chi connectivity index (χ3v) is 5.24. The minimum atomic E-state index is -0.605. The molecule has 0 N–H and O–H groups in total. The van der Waals surface area contributed by atoms with Crippen LogP contribution in [-0.2, 0) is 16.6 Å². The number of morpholine rings is 1. The van der Waals surface area contributed by atoms with E-state index in [1.54, 1.807) is 28.9 Å². The quantitative estimate of drug-likeness (QED) is 0.819. The van der Waals surface area contributed by atoms with E-state index < -0.39 is 5.60 Å². The molecule has 2 fully saturated rings. The van der Waals surface area contributed by atoms with E-state index in [2.05, 4.69) is 5.10 Å². The fourth-order valence-corrected chi connectivity index (χ4v) is 3.94. The summed E-state index contributed by atoms with van der Waals surface area (Å²) in [6, 6.07) is 11.3. The number of amides is 2. The Balaban J connectivity index is 1.59. The van der Waals surface area contributed by atoms with Crippen LogP contribution in [0, 0.1) is 0 Å². The fraction of sp³-hybridized carbons (Fsp3) is 0.421. The van der Waals surface area contributed by atoms with Crippen molar-refractivity contribution in [2.45, 2.75) is 25.0 Å². The highest BCUT2D eigenvalue weighted by atomic mass is 16.5. The topological polar surface area (TPSA) is 67.7 Å². The Morgan fingerprint density at radius 1 is 1.27 bits per heavy atom. The molecule has 26 heavy (non-hydrogen) atoms.